The summed E-state index contributed by atoms with van der Waals surface area (Å²) in [5, 5.41) is 0. The molecule has 0 bridgehead atoms. The monoisotopic (exact) mass is 279 g/mol. The number of amides is 2. The summed E-state index contributed by atoms with van der Waals surface area (Å²) in [4.78, 5) is 26.2. The van der Waals surface area contributed by atoms with E-state index in [9.17, 15) is 9.59 Å². The zero-order valence-corrected chi connectivity index (χ0v) is 12.2. The van der Waals surface area contributed by atoms with Crippen molar-refractivity contribution in [3.63, 3.8) is 0 Å². The van der Waals surface area contributed by atoms with Gasteiger partial charge in [0.1, 0.15) is 0 Å². The maximum Gasteiger partial charge on any atom is 0.266 e. The van der Waals surface area contributed by atoms with Gasteiger partial charge in [0.15, 0.2) is 0 Å². The van der Waals surface area contributed by atoms with Crippen molar-refractivity contribution in [1.82, 2.24) is 0 Å². The van der Waals surface area contributed by atoms with Crippen LogP contribution < -0.4 is 4.90 Å². The summed E-state index contributed by atoms with van der Waals surface area (Å²) in [5.74, 6) is -0.472. The van der Waals surface area contributed by atoms with E-state index in [1.807, 2.05) is 37.3 Å². The molecule has 1 aliphatic heterocycles. The molecule has 3 heteroatoms. The SMILES string of the molecule is CCCc1ccc(N2C(=O)c3ccc(C)cc3C2=O)cc1. The highest BCUT2D eigenvalue weighted by atomic mass is 16.2. The molecule has 0 saturated carbocycles. The van der Waals surface area contributed by atoms with Crippen LogP contribution in [0.25, 0.3) is 0 Å². The Labute approximate surface area is 124 Å². The fourth-order valence-electron chi connectivity index (χ4n) is 2.69. The lowest BCUT2D eigenvalue weighted by atomic mass is 10.1. The highest BCUT2D eigenvalue weighted by molar-refractivity contribution is 6.34. The second kappa shape index (κ2) is 5.17. The van der Waals surface area contributed by atoms with E-state index in [1.54, 1.807) is 12.1 Å². The van der Waals surface area contributed by atoms with E-state index in [1.165, 1.54) is 10.5 Å². The van der Waals surface area contributed by atoms with Crippen LogP contribution in [-0.2, 0) is 6.42 Å². The molecule has 2 aromatic rings. The Bertz CT molecular complexity index is 716. The summed E-state index contributed by atoms with van der Waals surface area (Å²) in [6, 6.07) is 13.0. The van der Waals surface area contributed by atoms with E-state index in [-0.39, 0.29) is 11.8 Å². The molecule has 1 heterocycles. The van der Waals surface area contributed by atoms with Gasteiger partial charge < -0.3 is 0 Å². The summed E-state index contributed by atoms with van der Waals surface area (Å²) < 4.78 is 0. The minimum absolute atomic E-state index is 0.234. The number of carbonyl (C=O) groups is 2. The fourth-order valence-corrected chi connectivity index (χ4v) is 2.69. The Hall–Kier alpha value is -2.42. The first kappa shape index (κ1) is 13.6. The zero-order valence-electron chi connectivity index (χ0n) is 12.2. The van der Waals surface area contributed by atoms with Gasteiger partial charge in [-0.15, -0.1) is 0 Å². The third-order valence-electron chi connectivity index (χ3n) is 3.78. The van der Waals surface area contributed by atoms with Gasteiger partial charge in [-0.05, 0) is 43.2 Å². The standard InChI is InChI=1S/C18H17NO2/c1-3-4-13-6-8-14(9-7-13)19-17(20)15-10-5-12(2)11-16(15)18(19)21/h5-11H,3-4H2,1-2H3. The van der Waals surface area contributed by atoms with Crippen LogP contribution in [0.3, 0.4) is 0 Å². The molecule has 3 nitrogen and oxygen atoms in total. The van der Waals surface area contributed by atoms with Gasteiger partial charge in [0.2, 0.25) is 0 Å². The molecule has 1 aliphatic rings. The second-order valence-corrected chi connectivity index (χ2v) is 5.41. The van der Waals surface area contributed by atoms with Crippen molar-refractivity contribution < 1.29 is 9.59 Å². The molecular formula is C18H17NO2. The van der Waals surface area contributed by atoms with Crippen molar-refractivity contribution in [2.45, 2.75) is 26.7 Å². The first-order valence-corrected chi connectivity index (χ1v) is 7.20. The van der Waals surface area contributed by atoms with Crippen LogP contribution in [0.1, 0.15) is 45.2 Å². The number of benzene rings is 2. The Morgan fingerprint density at radius 1 is 0.905 bits per heavy atom. The number of fused-ring (bicyclic) bond motifs is 1. The number of rotatable bonds is 3. The lowest BCUT2D eigenvalue weighted by molar-refractivity contribution is 0.0926. The first-order valence-electron chi connectivity index (χ1n) is 7.20. The van der Waals surface area contributed by atoms with Gasteiger partial charge in [-0.2, -0.15) is 0 Å². The van der Waals surface area contributed by atoms with Crippen LogP contribution in [0.2, 0.25) is 0 Å². The molecule has 0 atom stereocenters. The van der Waals surface area contributed by atoms with Crippen molar-refractivity contribution in [2.75, 3.05) is 4.90 Å². The van der Waals surface area contributed by atoms with Gasteiger partial charge in [0.25, 0.3) is 11.8 Å². The molecule has 0 aromatic heterocycles. The third kappa shape index (κ3) is 2.25. The predicted octanol–water partition coefficient (Wildman–Crippen LogP) is 3.75. The van der Waals surface area contributed by atoms with E-state index >= 15 is 0 Å². The number of hydrogen-bond acceptors (Lipinski definition) is 2. The first-order chi connectivity index (χ1) is 10.1. The van der Waals surface area contributed by atoms with Crippen LogP contribution in [0.5, 0.6) is 0 Å². The maximum atomic E-state index is 12.5. The average molecular weight is 279 g/mol. The van der Waals surface area contributed by atoms with Gasteiger partial charge in [-0.3, -0.25) is 9.59 Å². The zero-order chi connectivity index (χ0) is 15.0. The van der Waals surface area contributed by atoms with Crippen LogP contribution in [0.15, 0.2) is 42.5 Å². The maximum absolute atomic E-state index is 12.5. The molecule has 0 unspecified atom stereocenters. The Morgan fingerprint density at radius 2 is 1.57 bits per heavy atom. The predicted molar refractivity (Wildman–Crippen MR) is 82.8 cm³/mol. The van der Waals surface area contributed by atoms with Crippen molar-refractivity contribution in [3.8, 4) is 0 Å². The highest BCUT2D eigenvalue weighted by Crippen LogP contribution is 2.29. The van der Waals surface area contributed by atoms with E-state index < -0.39 is 0 Å². The van der Waals surface area contributed by atoms with Crippen LogP contribution in [-0.4, -0.2) is 11.8 Å². The topological polar surface area (TPSA) is 37.4 Å². The lowest BCUT2D eigenvalue weighted by Gasteiger charge is -2.14. The largest absolute Gasteiger partial charge is 0.268 e. The van der Waals surface area contributed by atoms with Gasteiger partial charge >= 0.3 is 0 Å². The Kier molecular flexibility index (Phi) is 3.34. The third-order valence-corrected chi connectivity index (χ3v) is 3.78. The summed E-state index contributed by atoms with van der Waals surface area (Å²) in [6.07, 6.45) is 2.08. The minimum atomic E-state index is -0.238. The smallest absolute Gasteiger partial charge is 0.266 e. The summed E-state index contributed by atoms with van der Waals surface area (Å²) in [7, 11) is 0. The normalized spacial score (nSPS) is 13.7. The molecule has 0 aliphatic carbocycles. The quantitative estimate of drug-likeness (QED) is 0.802. The Balaban J connectivity index is 1.97. The lowest BCUT2D eigenvalue weighted by Crippen LogP contribution is -2.29. The second-order valence-electron chi connectivity index (χ2n) is 5.41. The van der Waals surface area contributed by atoms with Crippen molar-refractivity contribution in [2.24, 2.45) is 0 Å². The molecule has 0 fully saturated rings. The molecule has 2 amide bonds. The van der Waals surface area contributed by atoms with Crippen molar-refractivity contribution in [3.05, 3.63) is 64.7 Å². The van der Waals surface area contributed by atoms with Crippen molar-refractivity contribution in [1.29, 1.82) is 0 Å². The molecule has 106 valence electrons. The van der Waals surface area contributed by atoms with E-state index in [4.69, 9.17) is 0 Å². The van der Waals surface area contributed by atoms with E-state index in [2.05, 4.69) is 6.92 Å². The minimum Gasteiger partial charge on any atom is -0.268 e. The van der Waals surface area contributed by atoms with Crippen LogP contribution >= 0.6 is 0 Å². The summed E-state index contributed by atoms with van der Waals surface area (Å²) >= 11 is 0. The number of carbonyl (C=O) groups excluding carboxylic acids is 2. The number of nitrogens with zero attached hydrogens (tertiary/aromatic N) is 1. The molecule has 0 radical (unpaired) electrons. The van der Waals surface area contributed by atoms with Gasteiger partial charge in [-0.25, -0.2) is 4.90 Å². The number of anilines is 1. The average Bonchev–Trinajstić information content (AvgIpc) is 2.72. The fraction of sp³-hybridized carbons (Fsp3) is 0.222. The Morgan fingerprint density at radius 3 is 2.24 bits per heavy atom. The number of hydrogen-bond donors (Lipinski definition) is 0. The van der Waals surface area contributed by atoms with E-state index in [0.29, 0.717) is 16.8 Å². The van der Waals surface area contributed by atoms with E-state index in [0.717, 1.165) is 18.4 Å². The molecule has 0 saturated heterocycles. The van der Waals surface area contributed by atoms with Gasteiger partial charge in [-0.1, -0.05) is 37.1 Å². The molecular weight excluding hydrogens is 262 g/mol. The summed E-state index contributed by atoms with van der Waals surface area (Å²) in [5.41, 5.74) is 3.82. The molecule has 3 rings (SSSR count). The molecule has 0 spiro atoms. The summed E-state index contributed by atoms with van der Waals surface area (Å²) in [6.45, 7) is 4.04. The number of imide groups is 1. The number of aryl methyl sites for hydroxylation is 2. The van der Waals surface area contributed by atoms with Crippen LogP contribution in [0, 0.1) is 6.92 Å². The van der Waals surface area contributed by atoms with Gasteiger partial charge in [0.05, 0.1) is 16.8 Å². The molecule has 0 N–H and O–H groups in total. The van der Waals surface area contributed by atoms with Gasteiger partial charge in [0, 0.05) is 0 Å². The van der Waals surface area contributed by atoms with Crippen molar-refractivity contribution >= 4 is 17.5 Å². The molecule has 2 aromatic carbocycles. The van der Waals surface area contributed by atoms with Crippen LogP contribution in [0.4, 0.5) is 5.69 Å². The highest BCUT2D eigenvalue weighted by Gasteiger charge is 2.36. The molecule has 21 heavy (non-hydrogen) atoms.